The molecule has 0 aliphatic carbocycles. The number of nitrogens with two attached hydrogens (primary N) is 1. The minimum Gasteiger partial charge on any atom is -0.487 e. The molecule has 2 rings (SSSR count). The topological polar surface area (TPSA) is 48.1 Å². The molecule has 0 aliphatic heterocycles. The summed E-state index contributed by atoms with van der Waals surface area (Å²) in [4.78, 5) is 4.21. The number of halogens is 1. The number of aryl methyl sites for hydroxylation is 1. The first kappa shape index (κ1) is 12.9. The first-order valence-corrected chi connectivity index (χ1v) is 6.10. The Morgan fingerprint density at radius 3 is 2.94 bits per heavy atom. The molecule has 2 N–H and O–H groups in total. The molecule has 0 radical (unpaired) electrons. The second-order valence-corrected chi connectivity index (χ2v) is 4.44. The Kier molecular flexibility index (Phi) is 4.18. The fourth-order valence-corrected chi connectivity index (χ4v) is 1.84. The molecule has 0 spiro atoms. The highest BCUT2D eigenvalue weighted by molar-refractivity contribution is 6.32. The third kappa shape index (κ3) is 3.00. The maximum atomic E-state index is 6.07. The Hall–Kier alpha value is -1.58. The van der Waals surface area contributed by atoms with Crippen molar-refractivity contribution in [1.82, 2.24) is 4.98 Å². The van der Waals surface area contributed by atoms with Gasteiger partial charge in [-0.25, -0.2) is 0 Å². The minimum absolute atomic E-state index is 0.404. The van der Waals surface area contributed by atoms with Crippen LogP contribution in [0, 0.1) is 6.92 Å². The van der Waals surface area contributed by atoms with E-state index >= 15 is 0 Å². The molecule has 0 bridgehead atoms. The fraction of sp³-hybridized carbons (Fsp3) is 0.214. The predicted octanol–water partition coefficient (Wildman–Crippen LogP) is 3.08. The summed E-state index contributed by atoms with van der Waals surface area (Å²) in [5.41, 5.74) is 8.57. The van der Waals surface area contributed by atoms with E-state index < -0.39 is 0 Å². The van der Waals surface area contributed by atoms with Gasteiger partial charge in [-0.2, -0.15) is 0 Å². The molecule has 0 amide bonds. The molecule has 0 saturated heterocycles. The lowest BCUT2D eigenvalue weighted by Gasteiger charge is -2.10. The highest BCUT2D eigenvalue weighted by Gasteiger charge is 2.05. The van der Waals surface area contributed by atoms with Crippen LogP contribution < -0.4 is 10.5 Å². The van der Waals surface area contributed by atoms with Crippen LogP contribution in [0.15, 0.2) is 36.5 Å². The van der Waals surface area contributed by atoms with Crippen molar-refractivity contribution in [1.29, 1.82) is 0 Å². The highest BCUT2D eigenvalue weighted by atomic mass is 35.5. The van der Waals surface area contributed by atoms with Gasteiger partial charge in [-0.15, -0.1) is 0 Å². The van der Waals surface area contributed by atoms with Gasteiger partial charge in [0.05, 0.1) is 10.7 Å². The van der Waals surface area contributed by atoms with Crippen LogP contribution in [0.2, 0.25) is 5.02 Å². The predicted molar refractivity (Wildman–Crippen MR) is 72.6 cm³/mol. The normalized spacial score (nSPS) is 10.4. The van der Waals surface area contributed by atoms with Gasteiger partial charge >= 0.3 is 0 Å². The van der Waals surface area contributed by atoms with E-state index in [0.717, 1.165) is 16.8 Å². The molecule has 1 aromatic carbocycles. The van der Waals surface area contributed by atoms with E-state index in [0.29, 0.717) is 23.9 Å². The van der Waals surface area contributed by atoms with Gasteiger partial charge in [0.25, 0.3) is 0 Å². The average Bonchev–Trinajstić information content (AvgIpc) is 2.40. The maximum Gasteiger partial charge on any atom is 0.138 e. The van der Waals surface area contributed by atoms with Gasteiger partial charge in [-0.1, -0.05) is 23.7 Å². The van der Waals surface area contributed by atoms with Crippen LogP contribution in [0.1, 0.15) is 16.8 Å². The number of hydrogen-bond acceptors (Lipinski definition) is 3. The Morgan fingerprint density at radius 1 is 1.33 bits per heavy atom. The summed E-state index contributed by atoms with van der Waals surface area (Å²) in [5, 5.41) is 0.610. The summed E-state index contributed by atoms with van der Waals surface area (Å²) >= 11 is 6.07. The molecular weight excluding hydrogens is 248 g/mol. The van der Waals surface area contributed by atoms with Gasteiger partial charge in [0.2, 0.25) is 0 Å². The molecule has 2 aromatic rings. The largest absolute Gasteiger partial charge is 0.487 e. The van der Waals surface area contributed by atoms with Crippen molar-refractivity contribution < 1.29 is 4.74 Å². The molecule has 0 unspecified atom stereocenters. The zero-order chi connectivity index (χ0) is 13.0. The molecule has 1 aromatic heterocycles. The van der Waals surface area contributed by atoms with Crippen molar-refractivity contribution in [2.24, 2.45) is 5.73 Å². The van der Waals surface area contributed by atoms with E-state index in [4.69, 9.17) is 22.1 Å². The van der Waals surface area contributed by atoms with Gasteiger partial charge in [0.15, 0.2) is 0 Å². The summed E-state index contributed by atoms with van der Waals surface area (Å²) in [6, 6.07) is 9.53. The molecule has 1 heterocycles. The van der Waals surface area contributed by atoms with Crippen molar-refractivity contribution in [3.05, 3.63) is 58.4 Å². The SMILES string of the molecule is Cc1ccc(Cl)c(OCc2cccnc2CN)c1. The lowest BCUT2D eigenvalue weighted by Crippen LogP contribution is -2.06. The quantitative estimate of drug-likeness (QED) is 0.921. The molecule has 0 saturated carbocycles. The molecule has 18 heavy (non-hydrogen) atoms. The first-order chi connectivity index (χ1) is 8.70. The second-order valence-electron chi connectivity index (χ2n) is 4.04. The number of benzene rings is 1. The number of hydrogen-bond donors (Lipinski definition) is 1. The van der Waals surface area contributed by atoms with Crippen LogP contribution in [0.3, 0.4) is 0 Å². The van der Waals surface area contributed by atoms with Crippen LogP contribution in [-0.2, 0) is 13.2 Å². The zero-order valence-corrected chi connectivity index (χ0v) is 10.9. The summed E-state index contributed by atoms with van der Waals surface area (Å²) in [6.07, 6.45) is 1.73. The van der Waals surface area contributed by atoms with Gasteiger partial charge < -0.3 is 10.5 Å². The van der Waals surface area contributed by atoms with Gasteiger partial charge in [0.1, 0.15) is 12.4 Å². The van der Waals surface area contributed by atoms with E-state index in [2.05, 4.69) is 4.98 Å². The van der Waals surface area contributed by atoms with Crippen LogP contribution >= 0.6 is 11.6 Å². The van der Waals surface area contributed by atoms with Gasteiger partial charge in [-0.3, -0.25) is 4.98 Å². The third-order valence-electron chi connectivity index (χ3n) is 2.65. The number of ether oxygens (including phenoxy) is 1. The molecule has 3 nitrogen and oxygen atoms in total. The Morgan fingerprint density at radius 2 is 2.17 bits per heavy atom. The standard InChI is InChI=1S/C14H15ClN2O/c1-10-4-5-12(15)14(7-10)18-9-11-3-2-6-17-13(11)8-16/h2-7H,8-9,16H2,1H3. The van der Waals surface area contributed by atoms with E-state index in [9.17, 15) is 0 Å². The fourth-order valence-electron chi connectivity index (χ4n) is 1.66. The second kappa shape index (κ2) is 5.85. The van der Waals surface area contributed by atoms with Crippen LogP contribution in [0.5, 0.6) is 5.75 Å². The van der Waals surface area contributed by atoms with Crippen LogP contribution in [-0.4, -0.2) is 4.98 Å². The van der Waals surface area contributed by atoms with Crippen LogP contribution in [0.4, 0.5) is 0 Å². The maximum absolute atomic E-state index is 6.07. The smallest absolute Gasteiger partial charge is 0.138 e. The number of nitrogens with zero attached hydrogens (tertiary/aromatic N) is 1. The molecule has 94 valence electrons. The number of pyridine rings is 1. The monoisotopic (exact) mass is 262 g/mol. The highest BCUT2D eigenvalue weighted by Crippen LogP contribution is 2.26. The Labute approximate surface area is 112 Å². The van der Waals surface area contributed by atoms with Crippen LogP contribution in [0.25, 0.3) is 0 Å². The van der Waals surface area contributed by atoms with Crippen molar-refractivity contribution in [2.45, 2.75) is 20.1 Å². The molecule has 0 aliphatic rings. The van der Waals surface area contributed by atoms with Gasteiger partial charge in [0, 0.05) is 18.3 Å². The van der Waals surface area contributed by atoms with Crippen molar-refractivity contribution >= 4 is 11.6 Å². The van der Waals surface area contributed by atoms with E-state index in [1.807, 2.05) is 37.3 Å². The molecule has 4 heteroatoms. The zero-order valence-electron chi connectivity index (χ0n) is 10.2. The lowest BCUT2D eigenvalue weighted by atomic mass is 10.2. The lowest BCUT2D eigenvalue weighted by molar-refractivity contribution is 0.304. The van der Waals surface area contributed by atoms with Gasteiger partial charge in [-0.05, 0) is 30.7 Å². The van der Waals surface area contributed by atoms with Crippen molar-refractivity contribution in [2.75, 3.05) is 0 Å². The summed E-state index contributed by atoms with van der Waals surface area (Å²) in [7, 11) is 0. The van der Waals surface area contributed by atoms with E-state index in [-0.39, 0.29) is 0 Å². The Balaban J connectivity index is 2.14. The number of aromatic nitrogens is 1. The van der Waals surface area contributed by atoms with E-state index in [1.165, 1.54) is 0 Å². The van der Waals surface area contributed by atoms with Crippen molar-refractivity contribution in [3.8, 4) is 5.75 Å². The number of rotatable bonds is 4. The van der Waals surface area contributed by atoms with E-state index in [1.54, 1.807) is 6.20 Å². The minimum atomic E-state index is 0.404. The van der Waals surface area contributed by atoms with Crippen molar-refractivity contribution in [3.63, 3.8) is 0 Å². The molecule has 0 atom stereocenters. The molecule has 0 fully saturated rings. The average molecular weight is 263 g/mol. The summed E-state index contributed by atoms with van der Waals surface area (Å²) in [5.74, 6) is 0.684. The Bertz CT molecular complexity index is 543. The summed E-state index contributed by atoms with van der Waals surface area (Å²) < 4.78 is 5.72. The third-order valence-corrected chi connectivity index (χ3v) is 2.96. The first-order valence-electron chi connectivity index (χ1n) is 5.72. The molecular formula is C14H15ClN2O. The summed E-state index contributed by atoms with van der Waals surface area (Å²) in [6.45, 7) is 2.82.